The molecule has 3 N–H and O–H groups in total. The van der Waals surface area contributed by atoms with Gasteiger partial charge in [-0.3, -0.25) is 0 Å². The van der Waals surface area contributed by atoms with E-state index in [-0.39, 0.29) is 18.0 Å². The number of rotatable bonds is 6. The molecule has 23 heavy (non-hydrogen) atoms. The second-order valence-corrected chi connectivity index (χ2v) is 6.42. The van der Waals surface area contributed by atoms with Gasteiger partial charge >= 0.3 is 0 Å². The maximum absolute atomic E-state index is 11.9. The van der Waals surface area contributed by atoms with Crippen LogP contribution in [0.25, 0.3) is 6.08 Å². The zero-order valence-electron chi connectivity index (χ0n) is 12.4. The van der Waals surface area contributed by atoms with Crippen LogP contribution in [0.1, 0.15) is 11.1 Å². The van der Waals surface area contributed by atoms with Gasteiger partial charge in [0.25, 0.3) is 0 Å². The zero-order chi connectivity index (χ0) is 16.9. The van der Waals surface area contributed by atoms with Crippen LogP contribution in [0.5, 0.6) is 17.2 Å². The number of phenolic OH excluding ortho intramolecular Hbond substituents is 2. The third kappa shape index (κ3) is 5.01. The molecular weight excluding hydrogens is 318 g/mol. The van der Waals surface area contributed by atoms with E-state index in [9.17, 15) is 18.6 Å². The maximum Gasteiger partial charge on any atom is 0.234 e. The average molecular weight is 335 g/mol. The van der Waals surface area contributed by atoms with E-state index in [4.69, 9.17) is 4.74 Å². The molecule has 2 aromatic carbocycles. The molecule has 0 unspecified atom stereocenters. The lowest BCUT2D eigenvalue weighted by molar-refractivity contribution is 0.403. The van der Waals surface area contributed by atoms with E-state index in [0.29, 0.717) is 11.3 Å². The van der Waals surface area contributed by atoms with Crippen LogP contribution in [0.3, 0.4) is 0 Å². The van der Waals surface area contributed by atoms with Gasteiger partial charge in [-0.25, -0.2) is 13.1 Å². The molecule has 7 heteroatoms. The summed E-state index contributed by atoms with van der Waals surface area (Å²) in [5, 5.41) is 19.6. The van der Waals surface area contributed by atoms with Crippen LogP contribution in [0.2, 0.25) is 0 Å². The maximum atomic E-state index is 11.9. The number of hydrogen-bond acceptors (Lipinski definition) is 5. The first kappa shape index (κ1) is 16.9. The molecule has 6 nitrogen and oxygen atoms in total. The molecule has 0 aliphatic carbocycles. The van der Waals surface area contributed by atoms with Gasteiger partial charge in [-0.2, -0.15) is 0 Å². The van der Waals surface area contributed by atoms with Gasteiger partial charge in [0.2, 0.25) is 10.0 Å². The van der Waals surface area contributed by atoms with E-state index in [0.717, 1.165) is 11.0 Å². The Kier molecular flexibility index (Phi) is 5.25. The Hall–Kier alpha value is -2.51. The first-order valence-corrected chi connectivity index (χ1v) is 8.27. The number of benzene rings is 2. The topological polar surface area (TPSA) is 95.9 Å². The van der Waals surface area contributed by atoms with Crippen LogP contribution in [0.4, 0.5) is 0 Å². The molecule has 0 amide bonds. The number of hydrogen-bond donors (Lipinski definition) is 3. The van der Waals surface area contributed by atoms with Crippen LogP contribution < -0.4 is 9.46 Å². The molecule has 0 heterocycles. The van der Waals surface area contributed by atoms with Crippen molar-refractivity contribution in [2.24, 2.45) is 0 Å². The third-order valence-corrected chi connectivity index (χ3v) is 4.12. The summed E-state index contributed by atoms with van der Waals surface area (Å²) in [5.74, 6) is 0.127. The molecule has 0 aliphatic rings. The normalized spacial score (nSPS) is 11.7. The molecule has 0 fully saturated rings. The van der Waals surface area contributed by atoms with Crippen molar-refractivity contribution in [3.05, 3.63) is 59.0 Å². The molecule has 0 aliphatic heterocycles. The summed E-state index contributed by atoms with van der Waals surface area (Å²) in [4.78, 5) is 0. The lowest BCUT2D eigenvalue weighted by Crippen LogP contribution is -2.20. The van der Waals surface area contributed by atoms with E-state index < -0.39 is 10.0 Å². The molecule has 0 saturated heterocycles. The molecule has 0 bridgehead atoms. The van der Waals surface area contributed by atoms with Crippen molar-refractivity contribution in [2.75, 3.05) is 7.11 Å². The van der Waals surface area contributed by atoms with E-state index in [1.165, 1.54) is 24.3 Å². The Morgan fingerprint density at radius 2 is 1.78 bits per heavy atom. The Balaban J connectivity index is 2.00. The van der Waals surface area contributed by atoms with Gasteiger partial charge in [-0.05, 0) is 41.5 Å². The fraction of sp³-hybridized carbons (Fsp3) is 0.125. The van der Waals surface area contributed by atoms with Crippen LogP contribution >= 0.6 is 0 Å². The Labute approximate surface area is 134 Å². The third-order valence-electron chi connectivity index (χ3n) is 3.08. The Morgan fingerprint density at radius 3 is 2.39 bits per heavy atom. The van der Waals surface area contributed by atoms with E-state index in [1.807, 2.05) is 0 Å². The number of aromatic hydroxyl groups is 2. The van der Waals surface area contributed by atoms with Gasteiger partial charge in [0.15, 0.2) is 11.5 Å². The van der Waals surface area contributed by atoms with Crippen molar-refractivity contribution in [3.8, 4) is 17.2 Å². The molecule has 0 radical (unpaired) electrons. The van der Waals surface area contributed by atoms with E-state index >= 15 is 0 Å². The Morgan fingerprint density at radius 1 is 1.09 bits per heavy atom. The minimum atomic E-state index is -3.62. The van der Waals surface area contributed by atoms with E-state index in [1.54, 1.807) is 31.4 Å². The second-order valence-electron chi connectivity index (χ2n) is 4.77. The second kappa shape index (κ2) is 7.17. The highest BCUT2D eigenvalue weighted by Gasteiger charge is 2.06. The molecule has 2 rings (SSSR count). The van der Waals surface area contributed by atoms with Crippen molar-refractivity contribution >= 4 is 16.1 Å². The minimum Gasteiger partial charge on any atom is -0.504 e. The molecule has 0 saturated carbocycles. The van der Waals surface area contributed by atoms with Gasteiger partial charge < -0.3 is 14.9 Å². The molecule has 2 aromatic rings. The fourth-order valence-corrected chi connectivity index (χ4v) is 2.59. The number of ether oxygens (including phenoxy) is 1. The monoisotopic (exact) mass is 335 g/mol. The van der Waals surface area contributed by atoms with Crippen molar-refractivity contribution in [3.63, 3.8) is 0 Å². The highest BCUT2D eigenvalue weighted by atomic mass is 32.2. The van der Waals surface area contributed by atoms with Gasteiger partial charge in [0, 0.05) is 12.0 Å². The van der Waals surface area contributed by atoms with Crippen molar-refractivity contribution in [2.45, 2.75) is 6.54 Å². The lowest BCUT2D eigenvalue weighted by Gasteiger charge is -2.05. The van der Waals surface area contributed by atoms with Gasteiger partial charge in [0.1, 0.15) is 5.75 Å². The van der Waals surface area contributed by atoms with Crippen LogP contribution in [-0.2, 0) is 16.6 Å². The summed E-state index contributed by atoms with van der Waals surface area (Å²) in [6.45, 7) is 0.150. The fourth-order valence-electron chi connectivity index (χ4n) is 1.79. The smallest absolute Gasteiger partial charge is 0.234 e. The van der Waals surface area contributed by atoms with Crippen molar-refractivity contribution < 1.29 is 23.4 Å². The van der Waals surface area contributed by atoms with Gasteiger partial charge in [0.05, 0.1) is 7.11 Å². The lowest BCUT2D eigenvalue weighted by atomic mass is 10.2. The first-order chi connectivity index (χ1) is 10.9. The summed E-state index contributed by atoms with van der Waals surface area (Å²) in [5.41, 5.74) is 1.25. The number of sulfonamides is 1. The summed E-state index contributed by atoms with van der Waals surface area (Å²) in [6, 6.07) is 11.1. The van der Waals surface area contributed by atoms with Gasteiger partial charge in [-0.1, -0.05) is 18.2 Å². The molecular formula is C16H17NO5S. The largest absolute Gasteiger partial charge is 0.504 e. The summed E-state index contributed by atoms with van der Waals surface area (Å²) < 4.78 is 31.3. The Bertz CT molecular complexity index is 798. The summed E-state index contributed by atoms with van der Waals surface area (Å²) in [6.07, 6.45) is 1.33. The SMILES string of the molecule is COc1ccc(CNS(=O)(=O)/C=C/c2ccc(O)c(O)c2)cc1. The van der Waals surface area contributed by atoms with Gasteiger partial charge in [-0.15, -0.1) is 0 Å². The highest BCUT2D eigenvalue weighted by Crippen LogP contribution is 2.25. The molecule has 0 atom stereocenters. The minimum absolute atomic E-state index is 0.150. The quantitative estimate of drug-likeness (QED) is 0.703. The number of methoxy groups -OCH3 is 1. The predicted octanol–water partition coefficient (Wildman–Crippen LogP) is 2.20. The van der Waals surface area contributed by atoms with Crippen molar-refractivity contribution in [1.82, 2.24) is 4.72 Å². The summed E-state index contributed by atoms with van der Waals surface area (Å²) >= 11 is 0. The van der Waals surface area contributed by atoms with E-state index in [2.05, 4.69) is 4.72 Å². The van der Waals surface area contributed by atoms with Crippen molar-refractivity contribution in [1.29, 1.82) is 0 Å². The number of phenols is 2. The predicted molar refractivity (Wildman–Crippen MR) is 87.6 cm³/mol. The molecule has 122 valence electrons. The first-order valence-electron chi connectivity index (χ1n) is 6.72. The standard InChI is InChI=1S/C16H17NO5S/c1-22-14-5-2-13(3-6-14)11-17-23(20,21)9-8-12-4-7-15(18)16(19)10-12/h2-10,17-19H,11H2,1H3/b9-8+. The number of nitrogens with one attached hydrogen (secondary N) is 1. The zero-order valence-corrected chi connectivity index (χ0v) is 13.2. The molecule has 0 spiro atoms. The highest BCUT2D eigenvalue weighted by molar-refractivity contribution is 7.92. The molecule has 0 aromatic heterocycles. The average Bonchev–Trinajstić information content (AvgIpc) is 2.55. The van der Waals surface area contributed by atoms with Crippen LogP contribution in [0.15, 0.2) is 47.9 Å². The van der Waals surface area contributed by atoms with Crippen LogP contribution in [0, 0.1) is 0 Å². The summed E-state index contributed by atoms with van der Waals surface area (Å²) in [7, 11) is -2.06. The van der Waals surface area contributed by atoms with Crippen LogP contribution in [-0.4, -0.2) is 25.7 Å².